The monoisotopic (exact) mass is 580 g/mol. The van der Waals surface area contributed by atoms with E-state index in [1.54, 1.807) is 36.5 Å². The average molecular weight is 581 g/mol. The van der Waals surface area contributed by atoms with E-state index >= 15 is 0 Å². The van der Waals surface area contributed by atoms with Crippen molar-refractivity contribution < 1.29 is 19.1 Å². The molecule has 0 bridgehead atoms. The molecule has 1 fully saturated rings. The van der Waals surface area contributed by atoms with E-state index in [1.165, 1.54) is 13.3 Å². The molecule has 3 heterocycles. The van der Waals surface area contributed by atoms with Crippen LogP contribution in [0.1, 0.15) is 60.7 Å². The van der Waals surface area contributed by atoms with Crippen LogP contribution >= 0.6 is 11.6 Å². The molecule has 0 saturated carbocycles. The van der Waals surface area contributed by atoms with Crippen molar-refractivity contribution in [1.82, 2.24) is 20.2 Å². The maximum atomic E-state index is 12.4. The van der Waals surface area contributed by atoms with Gasteiger partial charge < -0.3 is 30.4 Å². The third-order valence-corrected chi connectivity index (χ3v) is 7.30. The van der Waals surface area contributed by atoms with Crippen molar-refractivity contribution in [2.75, 3.05) is 27.2 Å². The number of allylic oxidation sites excluding steroid dienone is 1. The van der Waals surface area contributed by atoms with Gasteiger partial charge in [-0.05, 0) is 62.9 Å². The Balaban J connectivity index is 1.51. The fraction of sp³-hybridized carbons (Fsp3) is 0.400. The summed E-state index contributed by atoms with van der Waals surface area (Å²) in [6, 6.07) is 5.48. The summed E-state index contributed by atoms with van der Waals surface area (Å²) in [6.45, 7) is 6.77. The highest BCUT2D eigenvalue weighted by Gasteiger charge is 2.26. The van der Waals surface area contributed by atoms with Crippen molar-refractivity contribution in [3.63, 3.8) is 0 Å². The van der Waals surface area contributed by atoms with Crippen molar-refractivity contribution in [3.05, 3.63) is 64.1 Å². The van der Waals surface area contributed by atoms with Crippen LogP contribution in [0.25, 0.3) is 16.6 Å². The van der Waals surface area contributed by atoms with Gasteiger partial charge in [-0.15, -0.1) is 0 Å². The minimum Gasteiger partial charge on any atom is -0.495 e. The number of nitrogens with one attached hydrogen (secondary N) is 2. The number of rotatable bonds is 7. The summed E-state index contributed by atoms with van der Waals surface area (Å²) in [5.74, 6) is 0.208. The number of nitrogens with zero attached hydrogens (tertiary/aromatic N) is 3. The molecule has 2 aromatic heterocycles. The first-order chi connectivity index (χ1) is 19.5. The van der Waals surface area contributed by atoms with Gasteiger partial charge in [-0.1, -0.05) is 11.6 Å². The summed E-state index contributed by atoms with van der Waals surface area (Å²) in [7, 11) is 3.10. The van der Waals surface area contributed by atoms with Gasteiger partial charge in [0.05, 0.1) is 18.2 Å². The minimum atomic E-state index is -0.518. The molecule has 3 aromatic rings. The van der Waals surface area contributed by atoms with Crippen LogP contribution in [0.4, 0.5) is 4.79 Å². The van der Waals surface area contributed by atoms with Gasteiger partial charge in [-0.2, -0.15) is 0 Å². The highest BCUT2D eigenvalue weighted by atomic mass is 35.5. The molecule has 218 valence electrons. The van der Waals surface area contributed by atoms with Gasteiger partial charge in [0.25, 0.3) is 5.91 Å². The summed E-state index contributed by atoms with van der Waals surface area (Å²) in [4.78, 5) is 39.0. The molecule has 0 atom stereocenters. The Bertz CT molecular complexity index is 1480. The molecular weight excluding hydrogens is 544 g/mol. The Kier molecular flexibility index (Phi) is 9.22. The maximum absolute atomic E-state index is 12.4. The zero-order valence-corrected chi connectivity index (χ0v) is 24.8. The quantitative estimate of drug-likeness (QED) is 0.339. The van der Waals surface area contributed by atoms with Crippen molar-refractivity contribution in [3.8, 4) is 5.75 Å². The molecule has 0 aliphatic carbocycles. The molecule has 41 heavy (non-hydrogen) atoms. The Morgan fingerprint density at radius 3 is 2.59 bits per heavy atom. The van der Waals surface area contributed by atoms with E-state index in [-0.39, 0.29) is 18.0 Å². The van der Waals surface area contributed by atoms with Gasteiger partial charge in [-0.25, -0.2) is 9.78 Å². The fourth-order valence-corrected chi connectivity index (χ4v) is 4.95. The predicted molar refractivity (Wildman–Crippen MR) is 162 cm³/mol. The lowest BCUT2D eigenvalue weighted by Crippen LogP contribution is -2.42. The van der Waals surface area contributed by atoms with Gasteiger partial charge in [0, 0.05) is 73.5 Å². The highest BCUT2D eigenvalue weighted by Crippen LogP contribution is 2.33. The van der Waals surface area contributed by atoms with E-state index in [9.17, 15) is 9.59 Å². The largest absolute Gasteiger partial charge is 0.495 e. The molecule has 1 aromatic carbocycles. The lowest BCUT2D eigenvalue weighted by molar-refractivity contribution is 0.0207. The Hall–Kier alpha value is -4.05. The standard InChI is InChI=1S/C30H37ClN6O4/c1-30(2,3)41-29(39)37-8-6-23(7-9-37)34-17-22(14-32)20-12-24-21(16-36-27(24)35-15-20)11-18-10-19(28(38)33-4)13-25(40-5)26(18)31/h10,12-17,23H,6-9,11,32H2,1-5H3,(H,33,38)(H,35,36). The van der Waals surface area contributed by atoms with E-state index in [2.05, 4.69) is 15.3 Å². The SMILES string of the molecule is CNC(=O)c1cc(Cc2c[nH]c3ncc(C(C=NC4CCN(C(=O)OC(C)(C)C)CC4)=CN)cc23)c(Cl)c(OC)c1. The molecule has 4 N–H and O–H groups in total. The van der Waals surface area contributed by atoms with E-state index in [1.807, 2.05) is 33.0 Å². The zero-order chi connectivity index (χ0) is 29.7. The number of hydrogen-bond donors (Lipinski definition) is 3. The second-order valence-corrected chi connectivity index (χ2v) is 11.3. The number of benzene rings is 1. The van der Waals surface area contributed by atoms with Crippen LogP contribution < -0.4 is 15.8 Å². The minimum absolute atomic E-state index is 0.0767. The van der Waals surface area contributed by atoms with Crippen LogP contribution in [0.2, 0.25) is 5.02 Å². The van der Waals surface area contributed by atoms with Gasteiger partial charge in [0.15, 0.2) is 0 Å². The molecule has 1 saturated heterocycles. The molecule has 10 nitrogen and oxygen atoms in total. The molecular formula is C30H37ClN6O4. The van der Waals surface area contributed by atoms with Gasteiger partial charge >= 0.3 is 6.09 Å². The van der Waals surface area contributed by atoms with Gasteiger partial charge in [0.1, 0.15) is 17.0 Å². The third-order valence-electron chi connectivity index (χ3n) is 6.87. The molecule has 0 radical (unpaired) electrons. The summed E-state index contributed by atoms with van der Waals surface area (Å²) < 4.78 is 10.9. The third kappa shape index (κ3) is 7.18. The van der Waals surface area contributed by atoms with Crippen LogP contribution in [-0.2, 0) is 11.2 Å². The highest BCUT2D eigenvalue weighted by molar-refractivity contribution is 6.33. The number of carbonyl (C=O) groups excluding carboxylic acids is 2. The number of aromatic nitrogens is 2. The fourth-order valence-electron chi connectivity index (χ4n) is 4.70. The number of ether oxygens (including phenoxy) is 2. The Morgan fingerprint density at radius 1 is 1.22 bits per heavy atom. The number of hydrogen-bond acceptors (Lipinski definition) is 7. The van der Waals surface area contributed by atoms with Crippen LogP contribution in [0.5, 0.6) is 5.75 Å². The molecule has 0 unspecified atom stereocenters. The summed E-state index contributed by atoms with van der Waals surface area (Å²) in [5.41, 5.74) is 9.93. The number of likely N-dealkylation sites (tertiary alicyclic amines) is 1. The number of amides is 2. The van der Waals surface area contributed by atoms with Crippen LogP contribution in [0.15, 0.2) is 41.8 Å². The number of piperidine rings is 1. The van der Waals surface area contributed by atoms with E-state index in [4.69, 9.17) is 31.8 Å². The Morgan fingerprint density at radius 2 is 1.95 bits per heavy atom. The first kappa shape index (κ1) is 29.9. The summed E-state index contributed by atoms with van der Waals surface area (Å²) in [6.07, 6.45) is 8.58. The average Bonchev–Trinajstić information content (AvgIpc) is 3.35. The summed E-state index contributed by atoms with van der Waals surface area (Å²) >= 11 is 6.62. The number of nitrogens with two attached hydrogens (primary N) is 1. The Labute approximate surface area is 245 Å². The lowest BCUT2D eigenvalue weighted by atomic mass is 10.0. The number of carbonyl (C=O) groups is 2. The van der Waals surface area contributed by atoms with Crippen molar-refractivity contribution >= 4 is 46.4 Å². The summed E-state index contributed by atoms with van der Waals surface area (Å²) in [5, 5.41) is 3.99. The van der Waals surface area contributed by atoms with Crippen LogP contribution in [-0.4, -0.2) is 72.0 Å². The van der Waals surface area contributed by atoms with E-state index in [0.717, 1.165) is 46.1 Å². The van der Waals surface area contributed by atoms with Crippen molar-refractivity contribution in [1.29, 1.82) is 0 Å². The number of halogens is 1. The molecule has 1 aliphatic rings. The normalized spacial score (nSPS) is 15.0. The number of fused-ring (bicyclic) bond motifs is 1. The number of H-pyrrole nitrogens is 1. The van der Waals surface area contributed by atoms with Crippen molar-refractivity contribution in [2.24, 2.45) is 10.7 Å². The van der Waals surface area contributed by atoms with Gasteiger partial charge in [0.2, 0.25) is 0 Å². The molecule has 0 spiro atoms. The molecule has 1 aliphatic heterocycles. The van der Waals surface area contributed by atoms with E-state index in [0.29, 0.717) is 35.8 Å². The second kappa shape index (κ2) is 12.6. The number of aromatic amines is 1. The first-order valence-electron chi connectivity index (χ1n) is 13.5. The predicted octanol–water partition coefficient (Wildman–Crippen LogP) is 4.95. The smallest absolute Gasteiger partial charge is 0.410 e. The van der Waals surface area contributed by atoms with E-state index < -0.39 is 5.60 Å². The molecule has 11 heteroatoms. The number of aliphatic imine (C=N–C) groups is 1. The van der Waals surface area contributed by atoms with Crippen molar-refractivity contribution in [2.45, 2.75) is 51.7 Å². The number of methoxy groups -OCH3 is 1. The zero-order valence-electron chi connectivity index (χ0n) is 24.1. The molecule has 4 rings (SSSR count). The lowest BCUT2D eigenvalue weighted by Gasteiger charge is -2.32. The van der Waals surface area contributed by atoms with Crippen LogP contribution in [0.3, 0.4) is 0 Å². The number of pyridine rings is 1. The second-order valence-electron chi connectivity index (χ2n) is 10.9. The van der Waals surface area contributed by atoms with Crippen LogP contribution in [0, 0.1) is 0 Å². The molecule has 2 amide bonds. The topological polar surface area (TPSA) is 135 Å². The first-order valence-corrected chi connectivity index (χ1v) is 13.9. The van der Waals surface area contributed by atoms with Gasteiger partial charge in [-0.3, -0.25) is 9.79 Å². The maximum Gasteiger partial charge on any atom is 0.410 e.